The van der Waals surface area contributed by atoms with E-state index in [1.165, 1.54) is 6.42 Å². The number of benzene rings is 1. The molecule has 0 heterocycles. The molecule has 1 nitrogen and oxygen atoms in total. The molecule has 0 unspecified atom stereocenters. The van der Waals surface area contributed by atoms with Gasteiger partial charge < -0.3 is 5.11 Å². The van der Waals surface area contributed by atoms with Crippen molar-refractivity contribution in [3.63, 3.8) is 0 Å². The van der Waals surface area contributed by atoms with E-state index in [0.29, 0.717) is 6.61 Å². The van der Waals surface area contributed by atoms with E-state index in [4.69, 9.17) is 5.11 Å². The minimum Gasteiger partial charge on any atom is -0.396 e. The van der Waals surface area contributed by atoms with Gasteiger partial charge >= 0.3 is 0 Å². The van der Waals surface area contributed by atoms with E-state index < -0.39 is 0 Å². The molecule has 0 radical (unpaired) electrons. The first-order valence-electron chi connectivity index (χ1n) is 4.52. The van der Waals surface area contributed by atoms with E-state index in [9.17, 15) is 0 Å². The van der Waals surface area contributed by atoms with E-state index in [1.807, 2.05) is 36.4 Å². The molecule has 0 aliphatic rings. The summed E-state index contributed by atoms with van der Waals surface area (Å²) in [6.07, 6.45) is 3.33. The van der Waals surface area contributed by atoms with Crippen molar-refractivity contribution in [3.8, 4) is 0 Å². The predicted octanol–water partition coefficient (Wildman–Crippen LogP) is 2.86. The second-order valence-electron chi connectivity index (χ2n) is 2.59. The third-order valence-electron chi connectivity index (χ3n) is 1.43. The van der Waals surface area contributed by atoms with Crippen molar-refractivity contribution in [2.24, 2.45) is 0 Å². The van der Waals surface area contributed by atoms with Crippen molar-refractivity contribution >= 4 is 0 Å². The van der Waals surface area contributed by atoms with Gasteiger partial charge in [-0.15, -0.1) is 0 Å². The van der Waals surface area contributed by atoms with Crippen molar-refractivity contribution in [1.29, 1.82) is 0 Å². The number of rotatable bonds is 3. The van der Waals surface area contributed by atoms with Crippen LogP contribution in [0.5, 0.6) is 0 Å². The molecule has 68 valence electrons. The minimum absolute atomic E-state index is 0.355. The number of aliphatic hydroxyl groups excluding tert-OH is 1. The van der Waals surface area contributed by atoms with Crippen LogP contribution in [0.4, 0.5) is 0 Å². The normalized spacial score (nSPS) is 8.50. The van der Waals surface area contributed by atoms with E-state index >= 15 is 0 Å². The lowest BCUT2D eigenvalue weighted by Gasteiger charge is -1.85. The van der Waals surface area contributed by atoms with Gasteiger partial charge in [0.1, 0.15) is 0 Å². The topological polar surface area (TPSA) is 20.2 Å². The van der Waals surface area contributed by atoms with Crippen molar-refractivity contribution in [3.05, 3.63) is 36.4 Å². The van der Waals surface area contributed by atoms with Gasteiger partial charge in [0.25, 0.3) is 0 Å². The lowest BCUT2D eigenvalue weighted by atomic mass is 10.3. The Morgan fingerprint density at radius 1 is 0.833 bits per heavy atom. The maximum absolute atomic E-state index is 8.20. The average molecular weight is 166 g/mol. The van der Waals surface area contributed by atoms with Crippen LogP contribution in [-0.2, 0) is 0 Å². The van der Waals surface area contributed by atoms with Gasteiger partial charge in [0.05, 0.1) is 0 Å². The molecule has 0 fully saturated rings. The number of hydrogen-bond acceptors (Lipinski definition) is 1. The van der Waals surface area contributed by atoms with Gasteiger partial charge in [-0.25, -0.2) is 0 Å². The molecule has 1 aromatic carbocycles. The van der Waals surface area contributed by atoms with Crippen LogP contribution in [0.15, 0.2) is 36.4 Å². The van der Waals surface area contributed by atoms with Gasteiger partial charge in [0, 0.05) is 6.61 Å². The Balaban J connectivity index is 0.000000202. The molecule has 1 rings (SSSR count). The summed E-state index contributed by atoms with van der Waals surface area (Å²) in [7, 11) is 0. The highest BCUT2D eigenvalue weighted by Gasteiger charge is 1.76. The molecule has 0 bridgehead atoms. The summed E-state index contributed by atoms with van der Waals surface area (Å²) < 4.78 is 0. The van der Waals surface area contributed by atoms with Gasteiger partial charge in [0.15, 0.2) is 0 Å². The van der Waals surface area contributed by atoms with Gasteiger partial charge in [-0.1, -0.05) is 56.2 Å². The fourth-order valence-corrected chi connectivity index (χ4v) is 0.747. The van der Waals surface area contributed by atoms with Crippen molar-refractivity contribution < 1.29 is 5.11 Å². The van der Waals surface area contributed by atoms with Crippen LogP contribution in [0.3, 0.4) is 0 Å². The standard InChI is InChI=1S/C6H6.C5H12O/c1-2-4-6-5-3-1;1-2-3-4-5-6/h1-6H;6H,2-5H2,1H3. The molecular formula is C11H18O. The molecule has 1 aromatic rings. The molecule has 12 heavy (non-hydrogen) atoms. The van der Waals surface area contributed by atoms with Crippen LogP contribution in [-0.4, -0.2) is 11.7 Å². The quantitative estimate of drug-likeness (QED) is 0.684. The summed E-state index contributed by atoms with van der Waals surface area (Å²) in [5.74, 6) is 0. The monoisotopic (exact) mass is 166 g/mol. The van der Waals surface area contributed by atoms with Crippen LogP contribution in [0.2, 0.25) is 0 Å². The summed E-state index contributed by atoms with van der Waals surface area (Å²) in [6.45, 7) is 2.48. The molecule has 0 amide bonds. The first kappa shape index (κ1) is 11.2. The SMILES string of the molecule is CCCCCO.c1ccccc1. The summed E-state index contributed by atoms with van der Waals surface area (Å²) in [6, 6.07) is 12.0. The third-order valence-corrected chi connectivity index (χ3v) is 1.43. The summed E-state index contributed by atoms with van der Waals surface area (Å²) in [5, 5.41) is 8.20. The minimum atomic E-state index is 0.355. The maximum Gasteiger partial charge on any atom is 0.0431 e. The second-order valence-corrected chi connectivity index (χ2v) is 2.59. The van der Waals surface area contributed by atoms with Crippen LogP contribution in [0.1, 0.15) is 26.2 Å². The highest BCUT2D eigenvalue weighted by Crippen LogP contribution is 1.89. The van der Waals surface area contributed by atoms with Crippen molar-refractivity contribution in [1.82, 2.24) is 0 Å². The number of unbranched alkanes of at least 4 members (excludes halogenated alkanes) is 2. The zero-order valence-corrected chi connectivity index (χ0v) is 7.74. The Morgan fingerprint density at radius 2 is 1.25 bits per heavy atom. The predicted molar refractivity (Wildman–Crippen MR) is 53.1 cm³/mol. The maximum atomic E-state index is 8.20. The van der Waals surface area contributed by atoms with Gasteiger partial charge in [0.2, 0.25) is 0 Å². The molecule has 0 aliphatic carbocycles. The van der Waals surface area contributed by atoms with E-state index in [0.717, 1.165) is 12.8 Å². The smallest absolute Gasteiger partial charge is 0.0431 e. The van der Waals surface area contributed by atoms with Crippen molar-refractivity contribution in [2.75, 3.05) is 6.61 Å². The van der Waals surface area contributed by atoms with E-state index in [2.05, 4.69) is 6.92 Å². The second kappa shape index (κ2) is 10.2. The van der Waals surface area contributed by atoms with E-state index in [-0.39, 0.29) is 0 Å². The Morgan fingerprint density at radius 3 is 1.42 bits per heavy atom. The zero-order chi connectivity index (χ0) is 9.07. The Kier molecular flexibility index (Phi) is 9.48. The molecule has 1 heteroatoms. The molecule has 0 spiro atoms. The highest BCUT2D eigenvalue weighted by molar-refractivity contribution is 4.99. The lowest BCUT2D eigenvalue weighted by molar-refractivity contribution is 0.284. The number of hydrogen-bond donors (Lipinski definition) is 1. The van der Waals surface area contributed by atoms with Crippen LogP contribution in [0.25, 0.3) is 0 Å². The molecule has 0 saturated carbocycles. The first-order chi connectivity index (χ1) is 5.91. The van der Waals surface area contributed by atoms with Crippen molar-refractivity contribution in [2.45, 2.75) is 26.2 Å². The summed E-state index contributed by atoms with van der Waals surface area (Å²) >= 11 is 0. The lowest BCUT2D eigenvalue weighted by Crippen LogP contribution is -1.78. The zero-order valence-electron chi connectivity index (χ0n) is 7.74. The molecule has 0 saturated heterocycles. The Hall–Kier alpha value is -0.820. The molecule has 0 aromatic heterocycles. The summed E-state index contributed by atoms with van der Waals surface area (Å²) in [5.41, 5.74) is 0. The fraction of sp³-hybridized carbons (Fsp3) is 0.455. The highest BCUT2D eigenvalue weighted by atomic mass is 16.2. The van der Waals surface area contributed by atoms with Gasteiger partial charge in [-0.2, -0.15) is 0 Å². The average Bonchev–Trinajstić information content (AvgIpc) is 2.18. The number of aliphatic hydroxyl groups is 1. The largest absolute Gasteiger partial charge is 0.396 e. The third kappa shape index (κ3) is 9.18. The van der Waals surface area contributed by atoms with Gasteiger partial charge in [-0.05, 0) is 6.42 Å². The molecular weight excluding hydrogens is 148 g/mol. The van der Waals surface area contributed by atoms with Gasteiger partial charge in [-0.3, -0.25) is 0 Å². The van der Waals surface area contributed by atoms with Crippen LogP contribution in [0, 0.1) is 0 Å². The van der Waals surface area contributed by atoms with Crippen LogP contribution < -0.4 is 0 Å². The Bertz CT molecular complexity index is 118. The first-order valence-corrected chi connectivity index (χ1v) is 4.52. The molecule has 1 N–H and O–H groups in total. The molecule has 0 aliphatic heterocycles. The van der Waals surface area contributed by atoms with Crippen LogP contribution >= 0.6 is 0 Å². The van der Waals surface area contributed by atoms with E-state index in [1.54, 1.807) is 0 Å². The Labute approximate surface area is 75.1 Å². The summed E-state index contributed by atoms with van der Waals surface area (Å²) in [4.78, 5) is 0. The fourth-order valence-electron chi connectivity index (χ4n) is 0.747. The molecule has 0 atom stereocenters.